The van der Waals surface area contributed by atoms with Crippen LogP contribution in [-0.2, 0) is 9.53 Å². The van der Waals surface area contributed by atoms with Gasteiger partial charge in [-0.05, 0) is 0 Å². The number of halogens is 1. The van der Waals surface area contributed by atoms with Crippen molar-refractivity contribution in [3.63, 3.8) is 0 Å². The van der Waals surface area contributed by atoms with E-state index < -0.39 is 24.2 Å². The van der Waals surface area contributed by atoms with Crippen molar-refractivity contribution in [3.05, 3.63) is 0 Å². The van der Waals surface area contributed by atoms with Crippen LogP contribution in [0.5, 0.6) is 0 Å². The van der Waals surface area contributed by atoms with Crippen LogP contribution < -0.4 is 5.73 Å². The average Bonchev–Trinajstić information content (AvgIpc) is 2.17. The zero-order valence-electron chi connectivity index (χ0n) is 5.16. The van der Waals surface area contributed by atoms with Crippen LogP contribution in [0, 0.1) is 0 Å². The third kappa shape index (κ3) is 1.16. The maximum Gasteiger partial charge on any atom is 0.326 e. The lowest BCUT2D eigenvalue weighted by molar-refractivity contribution is -0.141. The summed E-state index contributed by atoms with van der Waals surface area (Å²) in [4.78, 5) is 10.6. The zero-order valence-corrected chi connectivity index (χ0v) is 6.74. The number of aliphatic hydroxyl groups excluding tert-OH is 1. The maximum atomic E-state index is 10.6. The van der Waals surface area contributed by atoms with Crippen LogP contribution >= 0.6 is 15.9 Å². The average molecular weight is 210 g/mol. The van der Waals surface area contributed by atoms with Crippen molar-refractivity contribution in [2.24, 2.45) is 5.73 Å². The molecule has 3 N–H and O–H groups in total. The topological polar surface area (TPSA) is 72.6 Å². The fraction of sp³-hybridized carbons (Fsp3) is 0.800. The quantitative estimate of drug-likeness (QED) is 0.429. The number of carbonyl (C=O) groups is 1. The van der Waals surface area contributed by atoms with Gasteiger partial charge < -0.3 is 15.6 Å². The molecule has 0 aromatic rings. The Hall–Kier alpha value is -0.130. The summed E-state index contributed by atoms with van der Waals surface area (Å²) in [7, 11) is 0. The van der Waals surface area contributed by atoms with Gasteiger partial charge >= 0.3 is 5.97 Å². The monoisotopic (exact) mass is 209 g/mol. The van der Waals surface area contributed by atoms with Gasteiger partial charge in [0.25, 0.3) is 0 Å². The van der Waals surface area contributed by atoms with E-state index in [0.29, 0.717) is 5.33 Å². The highest BCUT2D eigenvalue weighted by atomic mass is 79.9. The molecule has 1 aliphatic heterocycles. The van der Waals surface area contributed by atoms with Crippen molar-refractivity contribution in [1.82, 2.24) is 0 Å². The zero-order chi connectivity index (χ0) is 7.72. The number of hydrogen-bond donors (Lipinski definition) is 2. The molecular weight excluding hydrogens is 202 g/mol. The summed E-state index contributed by atoms with van der Waals surface area (Å²) in [5, 5.41) is 9.55. The van der Waals surface area contributed by atoms with Gasteiger partial charge in [-0.1, -0.05) is 15.9 Å². The molecule has 3 atom stereocenters. The summed E-state index contributed by atoms with van der Waals surface area (Å²) >= 11 is 3.08. The van der Waals surface area contributed by atoms with E-state index in [9.17, 15) is 4.79 Å². The Morgan fingerprint density at radius 1 is 1.80 bits per heavy atom. The minimum atomic E-state index is -0.873. The van der Waals surface area contributed by atoms with Gasteiger partial charge in [0.1, 0.15) is 18.2 Å². The Balaban J connectivity index is 2.61. The Kier molecular flexibility index (Phi) is 2.28. The Bertz CT molecular complexity index is 152. The molecule has 5 heteroatoms. The van der Waals surface area contributed by atoms with E-state index in [1.54, 1.807) is 0 Å². The standard InChI is InChI=1S/C5H8BrNO3/c6-1-2-4(8)3(7)5(9)10-2/h2-4,8H,1,7H2/t2-,3+,4+/m1/s1. The van der Waals surface area contributed by atoms with Crippen LogP contribution in [0.2, 0.25) is 0 Å². The Morgan fingerprint density at radius 2 is 2.40 bits per heavy atom. The Morgan fingerprint density at radius 3 is 2.60 bits per heavy atom. The number of esters is 1. The normalized spacial score (nSPS) is 39.9. The first kappa shape index (κ1) is 7.97. The molecular formula is C5H8BrNO3. The predicted molar refractivity (Wildman–Crippen MR) is 37.7 cm³/mol. The lowest BCUT2D eigenvalue weighted by atomic mass is 10.1. The van der Waals surface area contributed by atoms with Gasteiger partial charge in [-0.2, -0.15) is 0 Å². The number of alkyl halides is 1. The number of rotatable bonds is 1. The molecule has 4 nitrogen and oxygen atoms in total. The molecule has 10 heavy (non-hydrogen) atoms. The largest absolute Gasteiger partial charge is 0.457 e. The van der Waals surface area contributed by atoms with Crippen LogP contribution in [0.4, 0.5) is 0 Å². The summed E-state index contributed by atoms with van der Waals surface area (Å²) in [6.45, 7) is 0. The summed E-state index contributed by atoms with van der Waals surface area (Å²) in [5.74, 6) is -0.531. The summed E-state index contributed by atoms with van der Waals surface area (Å²) in [6, 6.07) is -0.873. The van der Waals surface area contributed by atoms with Gasteiger partial charge in [-0.15, -0.1) is 0 Å². The van der Waals surface area contributed by atoms with Crippen LogP contribution in [0.1, 0.15) is 0 Å². The molecule has 0 saturated carbocycles. The molecule has 58 valence electrons. The first-order valence-corrected chi connectivity index (χ1v) is 3.99. The van der Waals surface area contributed by atoms with E-state index in [2.05, 4.69) is 20.7 Å². The third-order valence-electron chi connectivity index (χ3n) is 1.44. The van der Waals surface area contributed by atoms with Gasteiger partial charge in [-0.3, -0.25) is 4.79 Å². The lowest BCUT2D eigenvalue weighted by Crippen LogP contribution is -2.38. The number of ether oxygens (including phenoxy) is 1. The summed E-state index contributed by atoms with van der Waals surface area (Å²) < 4.78 is 4.67. The number of hydrogen-bond acceptors (Lipinski definition) is 4. The molecule has 0 aromatic carbocycles. The molecule has 1 heterocycles. The van der Waals surface area contributed by atoms with E-state index in [-0.39, 0.29) is 0 Å². The first-order valence-electron chi connectivity index (χ1n) is 2.87. The van der Waals surface area contributed by atoms with Crippen molar-refractivity contribution in [2.75, 3.05) is 5.33 Å². The highest BCUT2D eigenvalue weighted by Gasteiger charge is 2.40. The van der Waals surface area contributed by atoms with Gasteiger partial charge in [0.05, 0.1) is 0 Å². The van der Waals surface area contributed by atoms with E-state index in [4.69, 9.17) is 10.8 Å². The Labute approximate surface area is 66.5 Å². The molecule has 1 saturated heterocycles. The second-order valence-electron chi connectivity index (χ2n) is 2.15. The van der Waals surface area contributed by atoms with E-state index in [0.717, 1.165) is 0 Å². The molecule has 0 unspecified atom stereocenters. The third-order valence-corrected chi connectivity index (χ3v) is 2.08. The van der Waals surface area contributed by atoms with Crippen molar-refractivity contribution < 1.29 is 14.6 Å². The molecule has 0 amide bonds. The maximum absolute atomic E-state index is 10.6. The van der Waals surface area contributed by atoms with Gasteiger partial charge in [0.2, 0.25) is 0 Å². The predicted octanol–water partition coefficient (Wildman–Crippen LogP) is -1.01. The molecule has 0 radical (unpaired) electrons. The summed E-state index contributed by atoms with van der Waals surface area (Å²) in [5.41, 5.74) is 5.24. The molecule has 0 aliphatic carbocycles. The molecule has 0 aromatic heterocycles. The van der Waals surface area contributed by atoms with Crippen LogP contribution in [-0.4, -0.2) is 34.7 Å². The van der Waals surface area contributed by atoms with Crippen molar-refractivity contribution in [2.45, 2.75) is 18.2 Å². The SMILES string of the molecule is N[C@@H]1C(=O)O[C@H](CBr)[C@@H]1O. The van der Waals surface area contributed by atoms with Crippen molar-refractivity contribution in [1.29, 1.82) is 0 Å². The molecule has 1 fully saturated rings. The second-order valence-corrected chi connectivity index (χ2v) is 2.79. The summed E-state index contributed by atoms with van der Waals surface area (Å²) in [6.07, 6.45) is -1.35. The van der Waals surface area contributed by atoms with E-state index >= 15 is 0 Å². The van der Waals surface area contributed by atoms with Gasteiger partial charge in [0.15, 0.2) is 0 Å². The highest BCUT2D eigenvalue weighted by Crippen LogP contribution is 2.15. The van der Waals surface area contributed by atoms with Crippen LogP contribution in [0.15, 0.2) is 0 Å². The fourth-order valence-electron chi connectivity index (χ4n) is 0.791. The first-order chi connectivity index (χ1) is 4.66. The minimum absolute atomic E-state index is 0.424. The highest BCUT2D eigenvalue weighted by molar-refractivity contribution is 9.09. The minimum Gasteiger partial charge on any atom is -0.457 e. The van der Waals surface area contributed by atoms with Crippen molar-refractivity contribution >= 4 is 21.9 Å². The van der Waals surface area contributed by atoms with Crippen LogP contribution in [0.3, 0.4) is 0 Å². The fourth-order valence-corrected chi connectivity index (χ4v) is 1.31. The second kappa shape index (κ2) is 2.86. The number of aliphatic hydroxyl groups is 1. The van der Waals surface area contributed by atoms with Crippen molar-refractivity contribution in [3.8, 4) is 0 Å². The van der Waals surface area contributed by atoms with Gasteiger partial charge in [0, 0.05) is 5.33 Å². The van der Waals surface area contributed by atoms with Crippen LogP contribution in [0.25, 0.3) is 0 Å². The number of carbonyl (C=O) groups excluding carboxylic acids is 1. The van der Waals surface area contributed by atoms with Gasteiger partial charge in [-0.25, -0.2) is 0 Å². The lowest BCUT2D eigenvalue weighted by Gasteiger charge is -2.08. The van der Waals surface area contributed by atoms with E-state index in [1.807, 2.05) is 0 Å². The number of cyclic esters (lactones) is 1. The number of nitrogens with two attached hydrogens (primary N) is 1. The molecule has 1 rings (SSSR count). The molecule has 0 bridgehead atoms. The molecule has 0 spiro atoms. The van der Waals surface area contributed by atoms with E-state index in [1.165, 1.54) is 0 Å². The molecule has 1 aliphatic rings. The smallest absolute Gasteiger partial charge is 0.326 e.